The van der Waals surface area contributed by atoms with Gasteiger partial charge >= 0.3 is 0 Å². The SMILES string of the molecule is O=C(Nc1ccc(N2CCCC2)nc1)c1nn(-c2ccc(Cl)cc2)cc1CO. The summed E-state index contributed by atoms with van der Waals surface area (Å²) in [6.45, 7) is 1.74. The van der Waals surface area contributed by atoms with Gasteiger partial charge in [0.25, 0.3) is 5.91 Å². The van der Waals surface area contributed by atoms with E-state index in [0.29, 0.717) is 16.3 Å². The fourth-order valence-corrected chi connectivity index (χ4v) is 3.35. The molecule has 0 aliphatic carbocycles. The first kappa shape index (κ1) is 18.5. The normalized spacial score (nSPS) is 13.7. The molecule has 1 aliphatic rings. The van der Waals surface area contributed by atoms with Gasteiger partial charge in [-0.3, -0.25) is 4.79 Å². The molecule has 0 radical (unpaired) electrons. The number of hydrogen-bond acceptors (Lipinski definition) is 5. The van der Waals surface area contributed by atoms with Crippen molar-refractivity contribution in [1.82, 2.24) is 14.8 Å². The van der Waals surface area contributed by atoms with Crippen LogP contribution in [0.3, 0.4) is 0 Å². The van der Waals surface area contributed by atoms with Crippen LogP contribution in [0.5, 0.6) is 0 Å². The fourth-order valence-electron chi connectivity index (χ4n) is 3.23. The highest BCUT2D eigenvalue weighted by atomic mass is 35.5. The van der Waals surface area contributed by atoms with Gasteiger partial charge in [0.15, 0.2) is 5.69 Å². The molecule has 2 N–H and O–H groups in total. The van der Waals surface area contributed by atoms with E-state index in [1.165, 1.54) is 12.8 Å². The number of pyridine rings is 1. The minimum atomic E-state index is -0.396. The van der Waals surface area contributed by atoms with Gasteiger partial charge in [-0.2, -0.15) is 5.10 Å². The highest BCUT2D eigenvalue weighted by molar-refractivity contribution is 6.30. The van der Waals surface area contributed by atoms with Crippen molar-refractivity contribution in [3.8, 4) is 5.69 Å². The molecule has 0 spiro atoms. The number of benzene rings is 1. The predicted molar refractivity (Wildman–Crippen MR) is 108 cm³/mol. The van der Waals surface area contributed by atoms with Gasteiger partial charge in [-0.15, -0.1) is 0 Å². The number of aliphatic hydroxyl groups excluding tert-OH is 1. The Kier molecular flexibility index (Phi) is 5.27. The van der Waals surface area contributed by atoms with Gasteiger partial charge in [0.1, 0.15) is 5.82 Å². The molecule has 2 aromatic heterocycles. The van der Waals surface area contributed by atoms with E-state index in [-0.39, 0.29) is 12.3 Å². The Morgan fingerprint density at radius 2 is 1.89 bits per heavy atom. The van der Waals surface area contributed by atoms with Crippen molar-refractivity contribution >= 4 is 29.0 Å². The van der Waals surface area contributed by atoms with Gasteiger partial charge < -0.3 is 15.3 Å². The van der Waals surface area contributed by atoms with Crippen LogP contribution in [-0.4, -0.2) is 38.9 Å². The van der Waals surface area contributed by atoms with E-state index in [0.717, 1.165) is 24.6 Å². The van der Waals surface area contributed by atoms with E-state index < -0.39 is 5.91 Å². The number of amides is 1. The number of halogens is 1. The average molecular weight is 398 g/mol. The number of nitrogens with zero attached hydrogens (tertiary/aromatic N) is 4. The van der Waals surface area contributed by atoms with Crippen molar-refractivity contribution in [3.05, 3.63) is 65.1 Å². The average Bonchev–Trinajstić information content (AvgIpc) is 3.39. The molecule has 3 aromatic rings. The Labute approximate surface area is 167 Å². The molecule has 1 amide bonds. The predicted octanol–water partition coefficient (Wildman–Crippen LogP) is 3.27. The van der Waals surface area contributed by atoms with E-state index in [9.17, 15) is 9.90 Å². The number of carbonyl (C=O) groups excluding carboxylic acids is 1. The lowest BCUT2D eigenvalue weighted by Gasteiger charge is -2.16. The molecule has 1 aliphatic heterocycles. The molecule has 7 nitrogen and oxygen atoms in total. The molecule has 1 fully saturated rings. The van der Waals surface area contributed by atoms with Gasteiger partial charge in [-0.05, 0) is 49.2 Å². The summed E-state index contributed by atoms with van der Waals surface area (Å²) in [7, 11) is 0. The molecule has 3 heterocycles. The Morgan fingerprint density at radius 3 is 2.54 bits per heavy atom. The monoisotopic (exact) mass is 397 g/mol. The Bertz CT molecular complexity index is 963. The maximum atomic E-state index is 12.7. The summed E-state index contributed by atoms with van der Waals surface area (Å²) in [5.41, 5.74) is 1.93. The van der Waals surface area contributed by atoms with Crippen molar-refractivity contribution in [1.29, 1.82) is 0 Å². The van der Waals surface area contributed by atoms with Crippen LogP contribution < -0.4 is 10.2 Å². The van der Waals surface area contributed by atoms with Crippen molar-refractivity contribution in [2.24, 2.45) is 0 Å². The van der Waals surface area contributed by atoms with Crippen molar-refractivity contribution in [2.75, 3.05) is 23.3 Å². The summed E-state index contributed by atoms with van der Waals surface area (Å²) in [5.74, 6) is 0.519. The molecule has 1 saturated heterocycles. The van der Waals surface area contributed by atoms with Gasteiger partial charge in [-0.25, -0.2) is 9.67 Å². The Morgan fingerprint density at radius 1 is 1.14 bits per heavy atom. The molecule has 4 rings (SSSR count). The smallest absolute Gasteiger partial charge is 0.276 e. The number of aliphatic hydroxyl groups is 1. The van der Waals surface area contributed by atoms with E-state index in [1.807, 2.05) is 12.1 Å². The highest BCUT2D eigenvalue weighted by Gasteiger charge is 2.18. The van der Waals surface area contributed by atoms with Gasteiger partial charge in [0.2, 0.25) is 0 Å². The van der Waals surface area contributed by atoms with Crippen molar-refractivity contribution in [2.45, 2.75) is 19.4 Å². The highest BCUT2D eigenvalue weighted by Crippen LogP contribution is 2.20. The molecule has 0 bridgehead atoms. The summed E-state index contributed by atoms with van der Waals surface area (Å²) in [4.78, 5) is 19.3. The fraction of sp³-hybridized carbons (Fsp3) is 0.250. The Hall–Kier alpha value is -2.90. The second kappa shape index (κ2) is 8.00. The van der Waals surface area contributed by atoms with Gasteiger partial charge in [-0.1, -0.05) is 11.6 Å². The zero-order valence-corrected chi connectivity index (χ0v) is 15.9. The van der Waals surface area contributed by atoms with E-state index in [4.69, 9.17) is 11.6 Å². The number of rotatable bonds is 5. The van der Waals surface area contributed by atoms with Gasteiger partial charge in [0, 0.05) is 29.9 Å². The molecule has 0 saturated carbocycles. The molecule has 0 atom stereocenters. The van der Waals surface area contributed by atoms with Crippen LogP contribution in [0, 0.1) is 0 Å². The lowest BCUT2D eigenvalue weighted by Crippen LogP contribution is -2.19. The quantitative estimate of drug-likeness (QED) is 0.690. The molecule has 28 heavy (non-hydrogen) atoms. The van der Waals surface area contributed by atoms with Crippen LogP contribution in [0.2, 0.25) is 5.02 Å². The minimum absolute atomic E-state index is 0.168. The van der Waals surface area contributed by atoms with Crippen LogP contribution in [0.15, 0.2) is 48.8 Å². The Balaban J connectivity index is 1.51. The number of aromatic nitrogens is 3. The summed E-state index contributed by atoms with van der Waals surface area (Å²) in [6, 6.07) is 10.8. The zero-order valence-electron chi connectivity index (χ0n) is 15.2. The molecule has 1 aromatic carbocycles. The molecule has 144 valence electrons. The number of carbonyl (C=O) groups is 1. The first-order valence-corrected chi connectivity index (χ1v) is 9.49. The van der Waals surface area contributed by atoms with Gasteiger partial charge in [0.05, 0.1) is 24.2 Å². The molecule has 0 unspecified atom stereocenters. The minimum Gasteiger partial charge on any atom is -0.392 e. The molecular weight excluding hydrogens is 378 g/mol. The standard InChI is InChI=1S/C20H20ClN5O2/c21-15-3-6-17(7-4-15)26-12-14(13-27)19(24-26)20(28)23-16-5-8-18(22-11-16)25-9-1-2-10-25/h3-8,11-12,27H,1-2,9-10,13H2,(H,23,28). The third-order valence-electron chi connectivity index (χ3n) is 4.70. The summed E-state index contributed by atoms with van der Waals surface area (Å²) in [5, 5.41) is 17.4. The summed E-state index contributed by atoms with van der Waals surface area (Å²) < 4.78 is 1.55. The summed E-state index contributed by atoms with van der Waals surface area (Å²) in [6.07, 6.45) is 5.63. The lowest BCUT2D eigenvalue weighted by molar-refractivity contribution is 0.101. The van der Waals surface area contributed by atoms with E-state index in [1.54, 1.807) is 41.3 Å². The maximum absolute atomic E-state index is 12.7. The second-order valence-electron chi connectivity index (χ2n) is 6.64. The lowest BCUT2D eigenvalue weighted by atomic mass is 10.2. The second-order valence-corrected chi connectivity index (χ2v) is 7.07. The van der Waals surface area contributed by atoms with Crippen molar-refractivity contribution in [3.63, 3.8) is 0 Å². The van der Waals surface area contributed by atoms with Crippen LogP contribution >= 0.6 is 11.6 Å². The number of hydrogen-bond donors (Lipinski definition) is 2. The zero-order chi connectivity index (χ0) is 19.5. The first-order chi connectivity index (χ1) is 13.6. The third-order valence-corrected chi connectivity index (χ3v) is 4.95. The topological polar surface area (TPSA) is 83.3 Å². The van der Waals surface area contributed by atoms with E-state index >= 15 is 0 Å². The molecule has 8 heteroatoms. The number of anilines is 2. The van der Waals surface area contributed by atoms with Crippen LogP contribution in [0.4, 0.5) is 11.5 Å². The third kappa shape index (κ3) is 3.85. The van der Waals surface area contributed by atoms with Crippen molar-refractivity contribution < 1.29 is 9.90 Å². The van der Waals surface area contributed by atoms with Crippen LogP contribution in [0.25, 0.3) is 5.69 Å². The van der Waals surface area contributed by atoms with Crippen LogP contribution in [0.1, 0.15) is 28.9 Å². The maximum Gasteiger partial charge on any atom is 0.276 e. The number of nitrogens with one attached hydrogen (secondary N) is 1. The first-order valence-electron chi connectivity index (χ1n) is 9.12. The van der Waals surface area contributed by atoms with Crippen LogP contribution in [-0.2, 0) is 6.61 Å². The van der Waals surface area contributed by atoms with E-state index in [2.05, 4.69) is 20.3 Å². The summed E-state index contributed by atoms with van der Waals surface area (Å²) >= 11 is 5.91. The largest absolute Gasteiger partial charge is 0.392 e. The molecular formula is C20H20ClN5O2.